The second-order valence-electron chi connectivity index (χ2n) is 4.54. The van der Waals surface area contributed by atoms with E-state index in [1.54, 1.807) is 0 Å². The van der Waals surface area contributed by atoms with Crippen LogP contribution in [0, 0.1) is 5.92 Å². The van der Waals surface area contributed by atoms with Crippen LogP contribution < -0.4 is 16.6 Å². The van der Waals surface area contributed by atoms with E-state index in [-0.39, 0.29) is 17.6 Å². The van der Waals surface area contributed by atoms with Gasteiger partial charge in [0.25, 0.3) is 5.56 Å². The Kier molecular flexibility index (Phi) is 3.50. The van der Waals surface area contributed by atoms with Crippen molar-refractivity contribution >= 4 is 17.5 Å². The van der Waals surface area contributed by atoms with Crippen molar-refractivity contribution in [3.8, 4) is 0 Å². The van der Waals surface area contributed by atoms with E-state index in [0.29, 0.717) is 18.7 Å². The predicted octanol–water partition coefficient (Wildman–Crippen LogP) is 0.407. The lowest BCUT2D eigenvalue weighted by molar-refractivity contribution is -0.142. The maximum Gasteiger partial charge on any atom is 0.306 e. The second-order valence-corrected chi connectivity index (χ2v) is 4.54. The van der Waals surface area contributed by atoms with Gasteiger partial charge in [0, 0.05) is 6.04 Å². The van der Waals surface area contributed by atoms with Crippen LogP contribution in [0.2, 0.25) is 0 Å². The third kappa shape index (κ3) is 2.61. The Hall–Kier alpha value is -2.05. The maximum absolute atomic E-state index is 11.3. The summed E-state index contributed by atoms with van der Waals surface area (Å²) in [6.07, 6.45) is 4.21. The number of hydrogen-bond acceptors (Lipinski definition) is 5. The van der Waals surface area contributed by atoms with Gasteiger partial charge in [0.15, 0.2) is 5.82 Å². The number of carboxylic acids is 1. The van der Waals surface area contributed by atoms with Crippen molar-refractivity contribution in [1.82, 2.24) is 9.97 Å². The summed E-state index contributed by atoms with van der Waals surface area (Å²) in [7, 11) is 0. The van der Waals surface area contributed by atoms with Gasteiger partial charge in [0.2, 0.25) is 0 Å². The summed E-state index contributed by atoms with van der Waals surface area (Å²) in [6.45, 7) is 0. The molecule has 0 saturated heterocycles. The lowest BCUT2D eigenvalue weighted by atomic mass is 9.86. The number of aliphatic carboxylic acids is 1. The number of nitrogens with two attached hydrogens (primary N) is 1. The molecule has 0 amide bonds. The molecule has 2 atom stereocenters. The Labute approximate surface area is 103 Å². The normalized spacial score (nSPS) is 23.6. The van der Waals surface area contributed by atoms with Crippen LogP contribution in [-0.2, 0) is 4.79 Å². The minimum absolute atomic E-state index is 0.00329. The highest BCUT2D eigenvalue weighted by molar-refractivity contribution is 5.70. The van der Waals surface area contributed by atoms with E-state index < -0.39 is 11.5 Å². The first-order chi connectivity index (χ1) is 8.58. The van der Waals surface area contributed by atoms with Gasteiger partial charge in [0.1, 0.15) is 5.69 Å². The van der Waals surface area contributed by atoms with Crippen LogP contribution in [-0.4, -0.2) is 27.1 Å². The van der Waals surface area contributed by atoms with E-state index >= 15 is 0 Å². The molecule has 0 radical (unpaired) electrons. The molecule has 0 spiro atoms. The molecule has 18 heavy (non-hydrogen) atoms. The topological polar surface area (TPSA) is 121 Å². The summed E-state index contributed by atoms with van der Waals surface area (Å²) in [6, 6.07) is -0.00329. The number of H-pyrrole nitrogens is 1. The summed E-state index contributed by atoms with van der Waals surface area (Å²) in [5.41, 5.74) is 5.26. The monoisotopic (exact) mass is 252 g/mol. The van der Waals surface area contributed by atoms with Gasteiger partial charge in [-0.2, -0.15) is 0 Å². The van der Waals surface area contributed by atoms with Gasteiger partial charge in [-0.25, -0.2) is 4.98 Å². The summed E-state index contributed by atoms with van der Waals surface area (Å²) < 4.78 is 0. The molecular formula is C11H16N4O3. The number of nitrogen functional groups attached to an aromatic ring is 1. The number of carbonyl (C=O) groups is 1. The van der Waals surface area contributed by atoms with Crippen LogP contribution in [0.25, 0.3) is 0 Å². The predicted molar refractivity (Wildman–Crippen MR) is 66.3 cm³/mol. The molecule has 98 valence electrons. The minimum atomic E-state index is -0.770. The third-order valence-electron chi connectivity index (χ3n) is 3.25. The van der Waals surface area contributed by atoms with Crippen molar-refractivity contribution in [1.29, 1.82) is 0 Å². The molecule has 0 bridgehead atoms. The molecule has 7 heteroatoms. The fraction of sp³-hybridized carbons (Fsp3) is 0.545. The number of hydrogen-bond donors (Lipinski definition) is 4. The molecule has 1 aromatic rings. The van der Waals surface area contributed by atoms with Crippen molar-refractivity contribution in [2.75, 3.05) is 11.1 Å². The van der Waals surface area contributed by atoms with Gasteiger partial charge >= 0.3 is 5.97 Å². The maximum atomic E-state index is 11.3. The number of nitrogens with zero attached hydrogens (tertiary/aromatic N) is 1. The first-order valence-electron chi connectivity index (χ1n) is 5.90. The van der Waals surface area contributed by atoms with Crippen LogP contribution >= 0.6 is 0 Å². The Morgan fingerprint density at radius 2 is 2.33 bits per heavy atom. The fourth-order valence-corrected chi connectivity index (χ4v) is 2.26. The number of aromatic amines is 1. The Bertz CT molecular complexity index is 499. The lowest BCUT2D eigenvalue weighted by Gasteiger charge is -2.27. The van der Waals surface area contributed by atoms with Gasteiger partial charge in [-0.15, -0.1) is 0 Å². The Morgan fingerprint density at radius 3 is 3.06 bits per heavy atom. The van der Waals surface area contributed by atoms with Gasteiger partial charge in [0.05, 0.1) is 12.2 Å². The van der Waals surface area contributed by atoms with Crippen LogP contribution in [0.5, 0.6) is 0 Å². The van der Waals surface area contributed by atoms with Gasteiger partial charge in [-0.05, 0) is 19.3 Å². The van der Waals surface area contributed by atoms with Crippen LogP contribution in [0.3, 0.4) is 0 Å². The van der Waals surface area contributed by atoms with E-state index in [9.17, 15) is 9.59 Å². The minimum Gasteiger partial charge on any atom is -0.481 e. The van der Waals surface area contributed by atoms with E-state index in [4.69, 9.17) is 10.8 Å². The first-order valence-corrected chi connectivity index (χ1v) is 5.90. The van der Waals surface area contributed by atoms with Crippen molar-refractivity contribution in [3.05, 3.63) is 16.7 Å². The molecule has 2 rings (SSSR count). The molecule has 1 heterocycles. The number of nitrogens with one attached hydrogen (secondary N) is 2. The highest BCUT2D eigenvalue weighted by atomic mass is 16.4. The van der Waals surface area contributed by atoms with Crippen LogP contribution in [0.4, 0.5) is 11.5 Å². The van der Waals surface area contributed by atoms with Crippen molar-refractivity contribution in [2.45, 2.75) is 31.7 Å². The van der Waals surface area contributed by atoms with E-state index in [1.165, 1.54) is 6.33 Å². The van der Waals surface area contributed by atoms with E-state index in [2.05, 4.69) is 15.3 Å². The summed E-state index contributed by atoms with van der Waals surface area (Å²) in [4.78, 5) is 28.6. The average molecular weight is 252 g/mol. The molecule has 1 aliphatic rings. The highest BCUT2D eigenvalue weighted by Gasteiger charge is 2.27. The summed E-state index contributed by atoms with van der Waals surface area (Å²) >= 11 is 0. The average Bonchev–Trinajstić information content (AvgIpc) is 2.35. The van der Waals surface area contributed by atoms with Crippen LogP contribution in [0.15, 0.2) is 11.1 Å². The zero-order valence-electron chi connectivity index (χ0n) is 9.85. The number of anilines is 2. The molecule has 1 aromatic heterocycles. The molecule has 1 fully saturated rings. The molecule has 0 aromatic carbocycles. The quantitative estimate of drug-likeness (QED) is 0.618. The fourth-order valence-electron chi connectivity index (χ4n) is 2.26. The van der Waals surface area contributed by atoms with E-state index in [0.717, 1.165) is 12.8 Å². The van der Waals surface area contributed by atoms with Crippen molar-refractivity contribution < 1.29 is 9.90 Å². The molecule has 5 N–H and O–H groups in total. The Morgan fingerprint density at radius 1 is 1.56 bits per heavy atom. The van der Waals surface area contributed by atoms with Crippen LogP contribution in [0.1, 0.15) is 25.7 Å². The third-order valence-corrected chi connectivity index (χ3v) is 3.25. The van der Waals surface area contributed by atoms with Crippen molar-refractivity contribution in [3.63, 3.8) is 0 Å². The standard InChI is InChI=1S/C11H16N4O3/c12-8-9(13-5-14-10(8)16)15-7-3-1-2-6(4-7)11(17)18/h5-7H,1-4,12H2,(H,17,18)(H2,13,14,15,16). The largest absolute Gasteiger partial charge is 0.481 e. The molecule has 1 aliphatic carbocycles. The molecule has 1 saturated carbocycles. The van der Waals surface area contributed by atoms with Gasteiger partial charge < -0.3 is 21.1 Å². The molecule has 0 aliphatic heterocycles. The lowest BCUT2D eigenvalue weighted by Crippen LogP contribution is -2.32. The van der Waals surface area contributed by atoms with Crippen molar-refractivity contribution in [2.24, 2.45) is 5.92 Å². The first kappa shape index (κ1) is 12.4. The molecular weight excluding hydrogens is 236 g/mol. The second kappa shape index (κ2) is 5.07. The number of carboxylic acid groups (broad SMARTS) is 1. The number of aromatic nitrogens is 2. The van der Waals surface area contributed by atoms with Gasteiger partial charge in [-0.1, -0.05) is 6.42 Å². The zero-order valence-corrected chi connectivity index (χ0v) is 9.85. The SMILES string of the molecule is Nc1c(NC2CCCC(C(=O)O)C2)nc[nH]c1=O. The summed E-state index contributed by atoms with van der Waals surface area (Å²) in [5.74, 6) is -0.775. The summed E-state index contributed by atoms with van der Waals surface area (Å²) in [5, 5.41) is 12.1. The van der Waals surface area contributed by atoms with E-state index in [1.807, 2.05) is 0 Å². The van der Waals surface area contributed by atoms with Gasteiger partial charge in [-0.3, -0.25) is 9.59 Å². The zero-order chi connectivity index (χ0) is 13.1. The molecule has 2 unspecified atom stereocenters. The highest BCUT2D eigenvalue weighted by Crippen LogP contribution is 2.27. The molecule has 7 nitrogen and oxygen atoms in total. The number of rotatable bonds is 3. The smallest absolute Gasteiger partial charge is 0.306 e. The Balaban J connectivity index is 2.07.